The lowest BCUT2D eigenvalue weighted by Crippen LogP contribution is -2.28. The average molecular weight is 188 g/mol. The third kappa shape index (κ3) is 1.96. The summed E-state index contributed by atoms with van der Waals surface area (Å²) in [4.78, 5) is 0. The number of hydrogen-bond acceptors (Lipinski definition) is 1. The van der Waals surface area contributed by atoms with E-state index in [1.807, 2.05) is 13.8 Å². The molecule has 0 saturated carbocycles. The molecule has 0 amide bonds. The lowest BCUT2D eigenvalue weighted by molar-refractivity contribution is 0.544. The van der Waals surface area contributed by atoms with Crippen LogP contribution in [0.1, 0.15) is 19.4 Å². The zero-order valence-corrected chi connectivity index (χ0v) is 7.82. The van der Waals surface area contributed by atoms with Crippen LogP contribution in [0.3, 0.4) is 0 Å². The van der Waals surface area contributed by atoms with Crippen molar-refractivity contribution in [2.24, 2.45) is 5.73 Å². The predicted octanol–water partition coefficient (Wildman–Crippen LogP) is 2.67. The van der Waals surface area contributed by atoms with Gasteiger partial charge in [0.2, 0.25) is 0 Å². The van der Waals surface area contributed by atoms with Crippen molar-refractivity contribution in [1.82, 2.24) is 0 Å². The van der Waals surface area contributed by atoms with E-state index >= 15 is 0 Å². The van der Waals surface area contributed by atoms with Gasteiger partial charge in [0, 0.05) is 5.54 Å². The first-order chi connectivity index (χ1) is 5.41. The molecule has 2 N–H and O–H groups in total. The molecule has 0 spiro atoms. The summed E-state index contributed by atoms with van der Waals surface area (Å²) < 4.78 is 12.9. The summed E-state index contributed by atoms with van der Waals surface area (Å²) in [5.74, 6) is -0.423. The Labute approximate surface area is 76.3 Å². The van der Waals surface area contributed by atoms with Gasteiger partial charge in [-0.2, -0.15) is 0 Å². The molecule has 66 valence electrons. The highest BCUT2D eigenvalue weighted by molar-refractivity contribution is 6.30. The van der Waals surface area contributed by atoms with E-state index < -0.39 is 11.4 Å². The van der Waals surface area contributed by atoms with Crippen molar-refractivity contribution in [2.45, 2.75) is 19.4 Å². The highest BCUT2D eigenvalue weighted by Gasteiger charge is 2.15. The molecule has 0 radical (unpaired) electrons. The molecular formula is C9H11ClFN. The topological polar surface area (TPSA) is 26.0 Å². The minimum atomic E-state index is -0.522. The second-order valence-corrected chi connectivity index (χ2v) is 3.76. The van der Waals surface area contributed by atoms with Crippen molar-refractivity contribution < 1.29 is 4.39 Å². The van der Waals surface area contributed by atoms with E-state index in [1.165, 1.54) is 12.1 Å². The fourth-order valence-electron chi connectivity index (χ4n) is 0.897. The molecule has 1 aromatic carbocycles. The molecule has 0 aliphatic rings. The van der Waals surface area contributed by atoms with Gasteiger partial charge >= 0.3 is 0 Å². The molecule has 0 saturated heterocycles. The van der Waals surface area contributed by atoms with Crippen molar-refractivity contribution in [3.8, 4) is 0 Å². The van der Waals surface area contributed by atoms with Gasteiger partial charge in [-0.1, -0.05) is 17.7 Å². The van der Waals surface area contributed by atoms with E-state index in [0.717, 1.165) is 5.56 Å². The van der Waals surface area contributed by atoms with E-state index in [9.17, 15) is 4.39 Å². The minimum Gasteiger partial charge on any atom is -0.322 e. The largest absolute Gasteiger partial charge is 0.322 e. The third-order valence-corrected chi connectivity index (χ3v) is 1.97. The summed E-state index contributed by atoms with van der Waals surface area (Å²) in [6, 6.07) is 4.61. The Morgan fingerprint density at radius 2 is 2.00 bits per heavy atom. The molecule has 1 nitrogen and oxygen atoms in total. The Kier molecular flexibility index (Phi) is 2.40. The zero-order chi connectivity index (χ0) is 9.35. The molecule has 12 heavy (non-hydrogen) atoms. The van der Waals surface area contributed by atoms with Crippen LogP contribution in [-0.4, -0.2) is 0 Å². The molecule has 1 rings (SSSR count). The van der Waals surface area contributed by atoms with Gasteiger partial charge in [0.15, 0.2) is 0 Å². The Morgan fingerprint density at radius 1 is 1.42 bits per heavy atom. The molecule has 0 aliphatic heterocycles. The van der Waals surface area contributed by atoms with Crippen LogP contribution < -0.4 is 5.73 Å². The number of benzene rings is 1. The summed E-state index contributed by atoms with van der Waals surface area (Å²) in [5, 5.41) is 0.128. The van der Waals surface area contributed by atoms with Gasteiger partial charge in [0.25, 0.3) is 0 Å². The summed E-state index contributed by atoms with van der Waals surface area (Å²) in [6.07, 6.45) is 0. The van der Waals surface area contributed by atoms with Crippen molar-refractivity contribution >= 4 is 11.6 Å². The maximum atomic E-state index is 12.9. The molecule has 1 aromatic rings. The molecular weight excluding hydrogens is 177 g/mol. The van der Waals surface area contributed by atoms with E-state index in [-0.39, 0.29) is 5.02 Å². The zero-order valence-electron chi connectivity index (χ0n) is 7.07. The van der Waals surface area contributed by atoms with Crippen LogP contribution in [0.2, 0.25) is 5.02 Å². The molecule has 0 fully saturated rings. The Hall–Kier alpha value is -0.600. The van der Waals surface area contributed by atoms with E-state index in [0.29, 0.717) is 0 Å². The number of rotatable bonds is 1. The second-order valence-electron chi connectivity index (χ2n) is 3.35. The van der Waals surface area contributed by atoms with E-state index in [2.05, 4.69) is 0 Å². The van der Waals surface area contributed by atoms with Crippen molar-refractivity contribution in [2.75, 3.05) is 0 Å². The fourth-order valence-corrected chi connectivity index (χ4v) is 1.01. The van der Waals surface area contributed by atoms with Gasteiger partial charge in [-0.25, -0.2) is 4.39 Å². The van der Waals surface area contributed by atoms with Crippen LogP contribution in [0.25, 0.3) is 0 Å². The molecule has 0 unspecified atom stereocenters. The monoisotopic (exact) mass is 187 g/mol. The molecule has 0 aromatic heterocycles. The lowest BCUT2D eigenvalue weighted by atomic mass is 9.96. The molecule has 0 bridgehead atoms. The Bertz CT molecular complexity index is 291. The SMILES string of the molecule is CC(C)(N)c1ccc(Cl)c(F)c1. The quantitative estimate of drug-likeness (QED) is 0.719. The maximum absolute atomic E-state index is 12.9. The van der Waals surface area contributed by atoms with Crippen LogP contribution >= 0.6 is 11.6 Å². The van der Waals surface area contributed by atoms with Crippen LogP contribution in [0, 0.1) is 5.82 Å². The average Bonchev–Trinajstić information content (AvgIpc) is 1.92. The van der Waals surface area contributed by atoms with Gasteiger partial charge < -0.3 is 5.73 Å². The number of nitrogens with two attached hydrogens (primary N) is 1. The number of hydrogen-bond donors (Lipinski definition) is 1. The number of halogens is 2. The first-order valence-corrected chi connectivity index (χ1v) is 4.03. The smallest absolute Gasteiger partial charge is 0.142 e. The summed E-state index contributed by atoms with van der Waals surface area (Å²) in [7, 11) is 0. The van der Waals surface area contributed by atoms with E-state index in [1.54, 1.807) is 6.07 Å². The second kappa shape index (κ2) is 3.04. The van der Waals surface area contributed by atoms with Crippen LogP contribution in [-0.2, 0) is 5.54 Å². The Morgan fingerprint density at radius 3 is 2.42 bits per heavy atom. The molecule has 3 heteroatoms. The first kappa shape index (κ1) is 9.49. The normalized spacial score (nSPS) is 11.8. The van der Waals surface area contributed by atoms with Crippen LogP contribution in [0.5, 0.6) is 0 Å². The lowest BCUT2D eigenvalue weighted by Gasteiger charge is -2.18. The minimum absolute atomic E-state index is 0.128. The summed E-state index contributed by atoms with van der Waals surface area (Å²) in [5.41, 5.74) is 5.98. The first-order valence-electron chi connectivity index (χ1n) is 3.65. The van der Waals surface area contributed by atoms with Crippen molar-refractivity contribution in [3.05, 3.63) is 34.6 Å². The van der Waals surface area contributed by atoms with Gasteiger partial charge in [-0.3, -0.25) is 0 Å². The van der Waals surface area contributed by atoms with Gasteiger partial charge in [0.05, 0.1) is 5.02 Å². The van der Waals surface area contributed by atoms with Gasteiger partial charge in [-0.15, -0.1) is 0 Å². The highest BCUT2D eigenvalue weighted by atomic mass is 35.5. The van der Waals surface area contributed by atoms with Gasteiger partial charge in [-0.05, 0) is 31.5 Å². The standard InChI is InChI=1S/C9H11ClFN/c1-9(2,12)6-3-4-7(10)8(11)5-6/h3-5H,12H2,1-2H3. The van der Waals surface area contributed by atoms with Crippen molar-refractivity contribution in [1.29, 1.82) is 0 Å². The Balaban J connectivity index is 3.14. The van der Waals surface area contributed by atoms with E-state index in [4.69, 9.17) is 17.3 Å². The fraction of sp³-hybridized carbons (Fsp3) is 0.333. The summed E-state index contributed by atoms with van der Waals surface area (Å²) >= 11 is 5.51. The molecule has 0 aliphatic carbocycles. The van der Waals surface area contributed by atoms with Crippen LogP contribution in [0.4, 0.5) is 4.39 Å². The van der Waals surface area contributed by atoms with Crippen molar-refractivity contribution in [3.63, 3.8) is 0 Å². The highest BCUT2D eigenvalue weighted by Crippen LogP contribution is 2.22. The van der Waals surface area contributed by atoms with Crippen LogP contribution in [0.15, 0.2) is 18.2 Å². The molecule has 0 heterocycles. The predicted molar refractivity (Wildman–Crippen MR) is 48.6 cm³/mol. The summed E-state index contributed by atoms with van der Waals surface area (Å²) in [6.45, 7) is 3.63. The third-order valence-electron chi connectivity index (χ3n) is 1.66. The maximum Gasteiger partial charge on any atom is 0.142 e. The van der Waals surface area contributed by atoms with Gasteiger partial charge in [0.1, 0.15) is 5.82 Å². The molecule has 0 atom stereocenters.